The van der Waals surface area contributed by atoms with E-state index < -0.39 is 0 Å². The van der Waals surface area contributed by atoms with E-state index in [1.165, 1.54) is 5.56 Å². The summed E-state index contributed by atoms with van der Waals surface area (Å²) in [5.74, 6) is 0. The van der Waals surface area contributed by atoms with E-state index in [2.05, 4.69) is 45.3 Å². The molecule has 0 aliphatic heterocycles. The first-order chi connectivity index (χ1) is 13.3. The van der Waals surface area contributed by atoms with Crippen LogP contribution in [0.2, 0.25) is 0 Å². The van der Waals surface area contributed by atoms with E-state index in [1.807, 2.05) is 18.3 Å². The van der Waals surface area contributed by atoms with Gasteiger partial charge in [0.2, 0.25) is 0 Å². The second-order valence-corrected chi connectivity index (χ2v) is 6.62. The molecule has 1 aliphatic carbocycles. The lowest BCUT2D eigenvalue weighted by Gasteiger charge is -2.09. The summed E-state index contributed by atoms with van der Waals surface area (Å²) >= 11 is 0. The Bertz CT molecular complexity index is 1260. The van der Waals surface area contributed by atoms with Crippen molar-refractivity contribution in [2.24, 2.45) is 0 Å². The van der Waals surface area contributed by atoms with Crippen molar-refractivity contribution in [2.45, 2.75) is 13.0 Å². The number of aromatic nitrogens is 4. The Morgan fingerprint density at radius 3 is 2.93 bits per heavy atom. The zero-order valence-electron chi connectivity index (χ0n) is 14.5. The van der Waals surface area contributed by atoms with Gasteiger partial charge in [-0.2, -0.15) is 0 Å². The molecule has 0 radical (unpaired) electrons. The van der Waals surface area contributed by atoms with Crippen LogP contribution in [0.1, 0.15) is 16.8 Å². The molecule has 0 amide bonds. The predicted octanol–water partition coefficient (Wildman–Crippen LogP) is 3.47. The maximum absolute atomic E-state index is 12.7. The van der Waals surface area contributed by atoms with Crippen molar-refractivity contribution in [1.29, 1.82) is 0 Å². The van der Waals surface area contributed by atoms with Gasteiger partial charge in [-0.05, 0) is 41.0 Å². The molecular weight excluding hydrogens is 336 g/mol. The van der Waals surface area contributed by atoms with Crippen LogP contribution in [0.25, 0.3) is 28.2 Å². The monoisotopic (exact) mass is 352 g/mol. The van der Waals surface area contributed by atoms with Crippen molar-refractivity contribution in [1.82, 2.24) is 19.5 Å². The van der Waals surface area contributed by atoms with Crippen molar-refractivity contribution >= 4 is 17.1 Å². The lowest BCUT2D eigenvalue weighted by molar-refractivity contribution is 0.746. The number of fused-ring (bicyclic) bond motifs is 2. The molecule has 5 rings (SSSR count). The largest absolute Gasteiger partial charge is 0.293 e. The molecule has 5 heteroatoms. The second-order valence-electron chi connectivity index (χ2n) is 6.62. The first-order valence-corrected chi connectivity index (χ1v) is 8.83. The van der Waals surface area contributed by atoms with Gasteiger partial charge in [0.1, 0.15) is 0 Å². The van der Waals surface area contributed by atoms with Gasteiger partial charge in [-0.15, -0.1) is 0 Å². The number of pyridine rings is 2. The average molecular weight is 352 g/mol. The summed E-state index contributed by atoms with van der Waals surface area (Å²) in [6.07, 6.45) is 10.3. The molecule has 0 saturated heterocycles. The highest BCUT2D eigenvalue weighted by Gasteiger charge is 2.10. The maximum Gasteiger partial charge on any atom is 0.280 e. The Morgan fingerprint density at radius 1 is 1.00 bits per heavy atom. The molecule has 1 aromatic carbocycles. The number of nitrogens with zero attached hydrogens (tertiary/aromatic N) is 4. The summed E-state index contributed by atoms with van der Waals surface area (Å²) in [6, 6.07) is 13.9. The van der Waals surface area contributed by atoms with Crippen molar-refractivity contribution in [3.63, 3.8) is 0 Å². The Kier molecular flexibility index (Phi) is 3.64. The van der Waals surface area contributed by atoms with Gasteiger partial charge in [0.05, 0.1) is 24.1 Å². The topological polar surface area (TPSA) is 60.7 Å². The van der Waals surface area contributed by atoms with Crippen LogP contribution in [-0.4, -0.2) is 19.5 Å². The van der Waals surface area contributed by atoms with E-state index in [0.717, 1.165) is 28.8 Å². The number of hydrogen-bond donors (Lipinski definition) is 0. The fraction of sp³-hybridized carbons (Fsp3) is 0.0909. The van der Waals surface area contributed by atoms with Crippen LogP contribution < -0.4 is 5.56 Å². The van der Waals surface area contributed by atoms with Gasteiger partial charge < -0.3 is 0 Å². The van der Waals surface area contributed by atoms with Crippen molar-refractivity contribution in [3.05, 3.63) is 94.4 Å². The van der Waals surface area contributed by atoms with E-state index in [0.29, 0.717) is 17.6 Å². The fourth-order valence-corrected chi connectivity index (χ4v) is 3.43. The van der Waals surface area contributed by atoms with Gasteiger partial charge in [-0.3, -0.25) is 14.3 Å². The third-order valence-electron chi connectivity index (χ3n) is 4.81. The molecule has 0 atom stereocenters. The molecule has 0 fully saturated rings. The molecule has 27 heavy (non-hydrogen) atoms. The normalized spacial score (nSPS) is 12.4. The highest BCUT2D eigenvalue weighted by atomic mass is 16.1. The SMILES string of the molecule is O=c1c2ncccc2ncn1Cc1cccc(-c2cnc3c(c2)C=CC3)c1. The Morgan fingerprint density at radius 2 is 1.96 bits per heavy atom. The lowest BCUT2D eigenvalue weighted by Crippen LogP contribution is -2.21. The fourth-order valence-electron chi connectivity index (χ4n) is 3.43. The Labute approximate surface area is 155 Å². The number of hydrogen-bond acceptors (Lipinski definition) is 4. The summed E-state index contributed by atoms with van der Waals surface area (Å²) in [6.45, 7) is 0.449. The zero-order chi connectivity index (χ0) is 18.2. The van der Waals surface area contributed by atoms with E-state index in [4.69, 9.17) is 0 Å². The molecule has 0 spiro atoms. The van der Waals surface area contributed by atoms with Crippen LogP contribution in [0.3, 0.4) is 0 Å². The summed E-state index contributed by atoms with van der Waals surface area (Å²) in [5, 5.41) is 0. The molecule has 0 N–H and O–H groups in total. The van der Waals surface area contributed by atoms with Gasteiger partial charge in [-0.25, -0.2) is 9.97 Å². The van der Waals surface area contributed by atoms with Gasteiger partial charge >= 0.3 is 0 Å². The third-order valence-corrected chi connectivity index (χ3v) is 4.81. The van der Waals surface area contributed by atoms with Crippen LogP contribution in [0, 0.1) is 0 Å². The van der Waals surface area contributed by atoms with Crippen LogP contribution in [0.4, 0.5) is 0 Å². The molecular formula is C22H16N4O. The average Bonchev–Trinajstić information content (AvgIpc) is 3.18. The van der Waals surface area contributed by atoms with E-state index >= 15 is 0 Å². The highest BCUT2D eigenvalue weighted by molar-refractivity contribution is 5.72. The van der Waals surface area contributed by atoms with Crippen molar-refractivity contribution < 1.29 is 0 Å². The number of benzene rings is 1. The van der Waals surface area contributed by atoms with Gasteiger partial charge in [0.25, 0.3) is 5.56 Å². The maximum atomic E-state index is 12.7. The molecule has 130 valence electrons. The molecule has 0 saturated carbocycles. The van der Waals surface area contributed by atoms with Gasteiger partial charge in [0.15, 0.2) is 5.52 Å². The first-order valence-electron chi connectivity index (χ1n) is 8.83. The first kappa shape index (κ1) is 15.6. The highest BCUT2D eigenvalue weighted by Crippen LogP contribution is 2.25. The van der Waals surface area contributed by atoms with Crippen LogP contribution >= 0.6 is 0 Å². The minimum absolute atomic E-state index is 0.129. The molecule has 1 aliphatic rings. The molecule has 4 aromatic rings. The van der Waals surface area contributed by atoms with E-state index in [1.54, 1.807) is 29.2 Å². The van der Waals surface area contributed by atoms with E-state index in [-0.39, 0.29) is 5.56 Å². The van der Waals surface area contributed by atoms with Gasteiger partial charge in [0, 0.05) is 24.4 Å². The van der Waals surface area contributed by atoms with Crippen molar-refractivity contribution in [3.8, 4) is 11.1 Å². The number of allylic oxidation sites excluding steroid dienone is 1. The summed E-state index contributed by atoms with van der Waals surface area (Å²) in [5.41, 5.74) is 6.37. The Hall–Kier alpha value is -3.60. The minimum atomic E-state index is -0.129. The molecule has 3 aromatic heterocycles. The van der Waals surface area contributed by atoms with Crippen molar-refractivity contribution in [2.75, 3.05) is 0 Å². The van der Waals surface area contributed by atoms with E-state index in [9.17, 15) is 4.79 Å². The molecule has 3 heterocycles. The minimum Gasteiger partial charge on any atom is -0.293 e. The van der Waals surface area contributed by atoms with Crippen LogP contribution in [0.5, 0.6) is 0 Å². The quantitative estimate of drug-likeness (QED) is 0.566. The third kappa shape index (κ3) is 2.83. The molecule has 0 unspecified atom stereocenters. The smallest absolute Gasteiger partial charge is 0.280 e. The number of rotatable bonds is 3. The van der Waals surface area contributed by atoms with Crippen LogP contribution in [0.15, 0.2) is 72.1 Å². The van der Waals surface area contributed by atoms with Gasteiger partial charge in [-0.1, -0.05) is 30.4 Å². The summed E-state index contributed by atoms with van der Waals surface area (Å²) in [4.78, 5) is 25.7. The predicted molar refractivity (Wildman–Crippen MR) is 105 cm³/mol. The second kappa shape index (κ2) is 6.29. The summed E-state index contributed by atoms with van der Waals surface area (Å²) < 4.78 is 1.60. The molecule has 5 nitrogen and oxygen atoms in total. The molecule has 0 bridgehead atoms. The van der Waals surface area contributed by atoms with Crippen LogP contribution in [-0.2, 0) is 13.0 Å². The Balaban J connectivity index is 1.50. The lowest BCUT2D eigenvalue weighted by atomic mass is 10.0. The standard InChI is InChI=1S/C22H16N4O/c27-22-21-20(8-3-9-23-21)25-14-26(22)13-15-4-1-5-16(10-15)18-11-17-6-2-7-19(17)24-12-18/h1-6,8-12,14H,7,13H2. The zero-order valence-corrected chi connectivity index (χ0v) is 14.5. The summed E-state index contributed by atoms with van der Waals surface area (Å²) in [7, 11) is 0.